The van der Waals surface area contributed by atoms with Gasteiger partial charge in [0.1, 0.15) is 0 Å². The Morgan fingerprint density at radius 2 is 1.70 bits per heavy atom. The molecule has 0 aliphatic heterocycles. The summed E-state index contributed by atoms with van der Waals surface area (Å²) in [4.78, 5) is 8.80. The van der Waals surface area contributed by atoms with Gasteiger partial charge in [0.2, 0.25) is 0 Å². The van der Waals surface area contributed by atoms with Gasteiger partial charge in [0.25, 0.3) is 0 Å². The van der Waals surface area contributed by atoms with Crippen molar-refractivity contribution in [3.8, 4) is 11.4 Å². The maximum atomic E-state index is 13.3. The summed E-state index contributed by atoms with van der Waals surface area (Å²) in [7, 11) is 1.89. The van der Waals surface area contributed by atoms with Gasteiger partial charge < -0.3 is 5.32 Å². The number of aromatic nitrogens is 2. The van der Waals surface area contributed by atoms with Gasteiger partial charge in [-0.1, -0.05) is 0 Å². The highest BCUT2D eigenvalue weighted by molar-refractivity contribution is 5.55. The Balaban J connectivity index is 2.41. The van der Waals surface area contributed by atoms with Crippen molar-refractivity contribution in [3.63, 3.8) is 0 Å². The van der Waals surface area contributed by atoms with Crippen LogP contribution in [0.5, 0.6) is 0 Å². The van der Waals surface area contributed by atoms with Crippen LogP contribution in [0.4, 0.5) is 8.78 Å². The smallest absolute Gasteiger partial charge is 0.159 e. The van der Waals surface area contributed by atoms with Crippen LogP contribution < -0.4 is 5.32 Å². The summed E-state index contributed by atoms with van der Waals surface area (Å²) in [5.41, 5.74) is 3.31. The molecule has 0 aliphatic rings. The Morgan fingerprint density at radius 1 is 1.05 bits per heavy atom. The number of aryl methyl sites for hydroxylation is 2. The van der Waals surface area contributed by atoms with Crippen LogP contribution in [0.25, 0.3) is 11.4 Å². The third-order valence-electron chi connectivity index (χ3n) is 3.22. The van der Waals surface area contributed by atoms with Gasteiger partial charge in [-0.2, -0.15) is 0 Å². The van der Waals surface area contributed by atoms with Crippen LogP contribution in [0, 0.1) is 25.5 Å². The van der Waals surface area contributed by atoms with E-state index in [9.17, 15) is 8.78 Å². The maximum absolute atomic E-state index is 13.3. The molecule has 1 heterocycles. The normalized spacial score (nSPS) is 10.8. The predicted octanol–water partition coefficient (Wildman–Crippen LogP) is 2.80. The van der Waals surface area contributed by atoms with Crippen LogP contribution in [-0.2, 0) is 6.42 Å². The first-order valence-corrected chi connectivity index (χ1v) is 6.47. The van der Waals surface area contributed by atoms with E-state index in [-0.39, 0.29) is 0 Å². The van der Waals surface area contributed by atoms with Crippen LogP contribution in [0.2, 0.25) is 0 Å². The quantitative estimate of drug-likeness (QED) is 0.934. The maximum Gasteiger partial charge on any atom is 0.159 e. The summed E-state index contributed by atoms with van der Waals surface area (Å²) in [6.45, 7) is 4.65. The zero-order valence-corrected chi connectivity index (χ0v) is 11.8. The summed E-state index contributed by atoms with van der Waals surface area (Å²) < 4.78 is 26.2. The van der Waals surface area contributed by atoms with Crippen molar-refractivity contribution in [1.29, 1.82) is 0 Å². The van der Waals surface area contributed by atoms with E-state index < -0.39 is 11.6 Å². The molecule has 1 aromatic heterocycles. The summed E-state index contributed by atoms with van der Waals surface area (Å²) >= 11 is 0. The fraction of sp³-hybridized carbons (Fsp3) is 0.333. The standard InChI is InChI=1S/C15H17F2N3/c1-9-12(6-7-18-3)10(2)20-15(19-9)11-4-5-13(16)14(17)8-11/h4-5,8,18H,6-7H2,1-3H3. The molecule has 1 N–H and O–H groups in total. The summed E-state index contributed by atoms with van der Waals surface area (Å²) in [5, 5.41) is 3.08. The average Bonchev–Trinajstić information content (AvgIpc) is 2.41. The zero-order valence-electron chi connectivity index (χ0n) is 11.8. The molecule has 0 saturated carbocycles. The Hall–Kier alpha value is -1.88. The highest BCUT2D eigenvalue weighted by Crippen LogP contribution is 2.21. The van der Waals surface area contributed by atoms with Crippen LogP contribution in [-0.4, -0.2) is 23.6 Å². The molecule has 0 spiro atoms. The lowest BCUT2D eigenvalue weighted by molar-refractivity contribution is 0.509. The second-order valence-corrected chi connectivity index (χ2v) is 4.68. The van der Waals surface area contributed by atoms with Gasteiger partial charge in [-0.15, -0.1) is 0 Å². The van der Waals surface area contributed by atoms with Crippen LogP contribution in [0.1, 0.15) is 17.0 Å². The van der Waals surface area contributed by atoms with Gasteiger partial charge in [0.15, 0.2) is 17.5 Å². The molecule has 0 amide bonds. The van der Waals surface area contributed by atoms with Crippen LogP contribution >= 0.6 is 0 Å². The molecule has 2 rings (SSSR count). The number of rotatable bonds is 4. The molecule has 0 saturated heterocycles. The number of likely N-dealkylation sites (N-methyl/N-ethyl adjacent to an activating group) is 1. The lowest BCUT2D eigenvalue weighted by Crippen LogP contribution is -2.13. The number of nitrogens with one attached hydrogen (secondary N) is 1. The summed E-state index contributed by atoms with van der Waals surface area (Å²) in [6, 6.07) is 3.70. The minimum Gasteiger partial charge on any atom is -0.319 e. The fourth-order valence-corrected chi connectivity index (χ4v) is 2.12. The van der Waals surface area contributed by atoms with E-state index in [0.29, 0.717) is 11.4 Å². The van der Waals surface area contributed by atoms with Crippen molar-refractivity contribution >= 4 is 0 Å². The van der Waals surface area contributed by atoms with Crippen molar-refractivity contribution in [2.75, 3.05) is 13.6 Å². The molecular weight excluding hydrogens is 260 g/mol. The van der Waals surface area contributed by atoms with Gasteiger partial charge in [0.05, 0.1) is 0 Å². The Labute approximate surface area is 117 Å². The molecule has 2 aromatic rings. The Bertz CT molecular complexity index is 604. The molecule has 20 heavy (non-hydrogen) atoms. The molecule has 0 atom stereocenters. The number of hydrogen-bond donors (Lipinski definition) is 1. The van der Waals surface area contributed by atoms with Crippen molar-refractivity contribution in [1.82, 2.24) is 15.3 Å². The fourth-order valence-electron chi connectivity index (χ4n) is 2.12. The number of benzene rings is 1. The monoisotopic (exact) mass is 277 g/mol. The van der Waals surface area contributed by atoms with Crippen molar-refractivity contribution in [3.05, 3.63) is 46.8 Å². The number of halogens is 2. The van der Waals surface area contributed by atoms with E-state index in [1.165, 1.54) is 6.07 Å². The van der Waals surface area contributed by atoms with Crippen LogP contribution in [0.3, 0.4) is 0 Å². The van der Waals surface area contributed by atoms with Gasteiger partial charge in [0, 0.05) is 17.0 Å². The molecule has 0 unspecified atom stereocenters. The third kappa shape index (κ3) is 2.99. The number of nitrogens with zero attached hydrogens (tertiary/aromatic N) is 2. The highest BCUT2D eigenvalue weighted by Gasteiger charge is 2.11. The third-order valence-corrected chi connectivity index (χ3v) is 3.22. The van der Waals surface area contributed by atoms with Gasteiger partial charge in [-0.3, -0.25) is 0 Å². The van der Waals surface area contributed by atoms with E-state index in [1.807, 2.05) is 20.9 Å². The van der Waals surface area contributed by atoms with Crippen molar-refractivity contribution < 1.29 is 8.78 Å². The Kier molecular flexibility index (Phi) is 4.39. The largest absolute Gasteiger partial charge is 0.319 e. The Morgan fingerprint density at radius 3 is 2.25 bits per heavy atom. The van der Waals surface area contributed by atoms with Crippen LogP contribution in [0.15, 0.2) is 18.2 Å². The van der Waals surface area contributed by atoms with Gasteiger partial charge in [-0.05, 0) is 57.6 Å². The minimum atomic E-state index is -0.888. The SMILES string of the molecule is CNCCc1c(C)nc(-c2ccc(F)c(F)c2)nc1C. The molecule has 0 radical (unpaired) electrons. The zero-order chi connectivity index (χ0) is 14.7. The number of hydrogen-bond acceptors (Lipinski definition) is 3. The average molecular weight is 277 g/mol. The molecular formula is C15H17F2N3. The highest BCUT2D eigenvalue weighted by atomic mass is 19.2. The lowest BCUT2D eigenvalue weighted by atomic mass is 10.1. The van der Waals surface area contributed by atoms with E-state index in [2.05, 4.69) is 15.3 Å². The molecule has 5 heteroatoms. The van der Waals surface area contributed by atoms with E-state index in [0.717, 1.165) is 42.0 Å². The molecule has 106 valence electrons. The second-order valence-electron chi connectivity index (χ2n) is 4.68. The molecule has 3 nitrogen and oxygen atoms in total. The van der Waals surface area contributed by atoms with Crippen molar-refractivity contribution in [2.45, 2.75) is 20.3 Å². The summed E-state index contributed by atoms with van der Waals surface area (Å²) in [6.07, 6.45) is 0.840. The lowest BCUT2D eigenvalue weighted by Gasteiger charge is -2.11. The topological polar surface area (TPSA) is 37.8 Å². The first-order chi connectivity index (χ1) is 9.52. The first-order valence-electron chi connectivity index (χ1n) is 6.47. The van der Waals surface area contributed by atoms with E-state index in [1.54, 1.807) is 0 Å². The second kappa shape index (κ2) is 6.05. The van der Waals surface area contributed by atoms with E-state index >= 15 is 0 Å². The molecule has 0 fully saturated rings. The van der Waals surface area contributed by atoms with Crippen molar-refractivity contribution in [2.24, 2.45) is 0 Å². The molecule has 0 aliphatic carbocycles. The van der Waals surface area contributed by atoms with Gasteiger partial charge in [-0.25, -0.2) is 18.7 Å². The first kappa shape index (κ1) is 14.5. The summed E-state index contributed by atoms with van der Waals surface area (Å²) in [5.74, 6) is -1.33. The van der Waals surface area contributed by atoms with Gasteiger partial charge >= 0.3 is 0 Å². The molecule has 0 bridgehead atoms. The molecule has 1 aromatic carbocycles. The predicted molar refractivity (Wildman–Crippen MR) is 74.5 cm³/mol. The van der Waals surface area contributed by atoms with E-state index in [4.69, 9.17) is 0 Å². The minimum absolute atomic E-state index is 0.423.